The lowest BCUT2D eigenvalue weighted by Gasteiger charge is -2.13. The molecule has 148 valence electrons. The minimum atomic E-state index is -0.362. The van der Waals surface area contributed by atoms with Crippen LogP contribution in [0.2, 0.25) is 0 Å². The molecule has 0 aliphatic heterocycles. The largest absolute Gasteiger partial charge is 0.497 e. The molecule has 0 atom stereocenters. The predicted molar refractivity (Wildman–Crippen MR) is 114 cm³/mol. The fourth-order valence-electron chi connectivity index (χ4n) is 3.13. The molecule has 0 spiro atoms. The quantitative estimate of drug-likeness (QED) is 0.672. The van der Waals surface area contributed by atoms with Crippen molar-refractivity contribution in [3.05, 3.63) is 82.7 Å². The molecule has 1 aromatic heterocycles. The van der Waals surface area contributed by atoms with E-state index in [2.05, 4.69) is 15.6 Å². The normalized spacial score (nSPS) is 10.3. The van der Waals surface area contributed by atoms with Crippen molar-refractivity contribution in [2.45, 2.75) is 20.8 Å². The van der Waals surface area contributed by atoms with Crippen molar-refractivity contribution in [3.63, 3.8) is 0 Å². The van der Waals surface area contributed by atoms with Crippen molar-refractivity contribution in [1.82, 2.24) is 4.98 Å². The lowest BCUT2D eigenvalue weighted by molar-refractivity contribution is 0.102. The molecular formula is C23H23N3O3. The Morgan fingerprint density at radius 1 is 0.862 bits per heavy atom. The predicted octanol–water partition coefficient (Wildman–Crippen LogP) is 4.52. The highest BCUT2D eigenvalue weighted by molar-refractivity contribution is 6.08. The summed E-state index contributed by atoms with van der Waals surface area (Å²) in [5, 5.41) is 5.70. The first kappa shape index (κ1) is 20.1. The van der Waals surface area contributed by atoms with Gasteiger partial charge < -0.3 is 15.4 Å². The molecule has 0 saturated heterocycles. The summed E-state index contributed by atoms with van der Waals surface area (Å²) in [6.07, 6.45) is 1.45. The Bertz CT molecular complexity index is 1040. The Kier molecular flexibility index (Phi) is 5.93. The van der Waals surface area contributed by atoms with Crippen LogP contribution in [0.4, 0.5) is 11.4 Å². The molecule has 1 heterocycles. The van der Waals surface area contributed by atoms with Crippen molar-refractivity contribution in [2.75, 3.05) is 17.7 Å². The maximum atomic E-state index is 12.7. The minimum Gasteiger partial charge on any atom is -0.497 e. The number of aryl methyl sites for hydroxylation is 3. The number of nitrogens with zero attached hydrogens (tertiary/aromatic N) is 1. The number of aromatic nitrogens is 1. The first-order valence-corrected chi connectivity index (χ1v) is 9.18. The summed E-state index contributed by atoms with van der Waals surface area (Å²) in [5.41, 5.74) is 4.99. The number of nitrogens with one attached hydrogen (secondary N) is 2. The molecule has 2 amide bonds. The summed E-state index contributed by atoms with van der Waals surface area (Å²) in [6, 6.07) is 14.1. The van der Waals surface area contributed by atoms with E-state index < -0.39 is 0 Å². The number of carbonyl (C=O) groups is 2. The first-order valence-electron chi connectivity index (χ1n) is 9.18. The van der Waals surface area contributed by atoms with Gasteiger partial charge in [-0.15, -0.1) is 0 Å². The number of hydrogen-bond donors (Lipinski definition) is 2. The minimum absolute atomic E-state index is 0.173. The zero-order valence-electron chi connectivity index (χ0n) is 16.9. The molecule has 0 unspecified atom stereocenters. The van der Waals surface area contributed by atoms with Crippen LogP contribution in [0.15, 0.2) is 54.7 Å². The van der Waals surface area contributed by atoms with Gasteiger partial charge in [0.2, 0.25) is 0 Å². The fourth-order valence-corrected chi connectivity index (χ4v) is 3.13. The van der Waals surface area contributed by atoms with E-state index >= 15 is 0 Å². The van der Waals surface area contributed by atoms with Gasteiger partial charge in [0.05, 0.1) is 7.11 Å². The van der Waals surface area contributed by atoms with E-state index in [1.54, 1.807) is 37.4 Å². The number of carbonyl (C=O) groups excluding carboxylic acids is 2. The van der Waals surface area contributed by atoms with Crippen molar-refractivity contribution in [1.29, 1.82) is 0 Å². The number of amides is 2. The average molecular weight is 389 g/mol. The summed E-state index contributed by atoms with van der Waals surface area (Å²) in [6.45, 7) is 5.90. The summed E-state index contributed by atoms with van der Waals surface area (Å²) in [4.78, 5) is 29.3. The standard InChI is InChI=1S/C23H23N3O3/c1-14-11-15(2)21(16(3)12-14)26-23(28)20-13-17(9-10-24-20)22(27)25-18-5-7-19(29-4)8-6-18/h5-13H,1-4H3,(H,25,27)(H,26,28). The summed E-state index contributed by atoms with van der Waals surface area (Å²) in [7, 11) is 1.58. The van der Waals surface area contributed by atoms with Crippen molar-refractivity contribution in [3.8, 4) is 5.75 Å². The van der Waals surface area contributed by atoms with Crippen LogP contribution in [0.1, 0.15) is 37.5 Å². The topological polar surface area (TPSA) is 80.3 Å². The van der Waals surface area contributed by atoms with E-state index in [0.29, 0.717) is 17.0 Å². The fraction of sp³-hybridized carbons (Fsp3) is 0.174. The monoisotopic (exact) mass is 389 g/mol. The molecule has 0 aliphatic rings. The zero-order chi connectivity index (χ0) is 21.0. The molecule has 0 aliphatic carbocycles. The molecule has 0 saturated carbocycles. The van der Waals surface area contributed by atoms with E-state index in [-0.39, 0.29) is 17.5 Å². The van der Waals surface area contributed by atoms with Crippen molar-refractivity contribution < 1.29 is 14.3 Å². The van der Waals surface area contributed by atoms with E-state index in [1.165, 1.54) is 12.3 Å². The van der Waals surface area contributed by atoms with Crippen molar-refractivity contribution in [2.24, 2.45) is 0 Å². The molecule has 29 heavy (non-hydrogen) atoms. The van der Waals surface area contributed by atoms with Crippen LogP contribution >= 0.6 is 0 Å². The highest BCUT2D eigenvalue weighted by Gasteiger charge is 2.14. The van der Waals surface area contributed by atoms with Gasteiger partial charge in [0.25, 0.3) is 11.8 Å². The molecular weight excluding hydrogens is 366 g/mol. The average Bonchev–Trinajstić information content (AvgIpc) is 2.71. The van der Waals surface area contributed by atoms with Gasteiger partial charge in [-0.25, -0.2) is 0 Å². The van der Waals surface area contributed by atoms with Crippen LogP contribution in [-0.2, 0) is 0 Å². The molecule has 0 fully saturated rings. The molecule has 2 aromatic carbocycles. The first-order chi connectivity index (χ1) is 13.9. The third-order valence-electron chi connectivity index (χ3n) is 4.52. The number of benzene rings is 2. The Balaban J connectivity index is 1.76. The van der Waals surface area contributed by atoms with E-state index in [4.69, 9.17) is 4.74 Å². The zero-order valence-corrected chi connectivity index (χ0v) is 16.9. The molecule has 2 N–H and O–H groups in total. The number of pyridine rings is 1. The Morgan fingerprint density at radius 3 is 2.14 bits per heavy atom. The number of ether oxygens (including phenoxy) is 1. The SMILES string of the molecule is COc1ccc(NC(=O)c2ccnc(C(=O)Nc3c(C)cc(C)cc3C)c2)cc1. The smallest absolute Gasteiger partial charge is 0.274 e. The van der Waals surface area contributed by atoms with Gasteiger partial charge in [-0.3, -0.25) is 14.6 Å². The van der Waals surface area contributed by atoms with Gasteiger partial charge in [0.1, 0.15) is 11.4 Å². The third kappa shape index (κ3) is 4.79. The van der Waals surface area contributed by atoms with Crippen LogP contribution in [0.5, 0.6) is 5.75 Å². The lowest BCUT2D eigenvalue weighted by Crippen LogP contribution is -2.18. The van der Waals surface area contributed by atoms with Crippen LogP contribution in [0.3, 0.4) is 0 Å². The van der Waals surface area contributed by atoms with Crippen molar-refractivity contribution >= 4 is 23.2 Å². The second kappa shape index (κ2) is 8.56. The molecule has 6 heteroatoms. The Labute approximate surface area is 169 Å². The van der Waals surface area contributed by atoms with Crippen LogP contribution in [-0.4, -0.2) is 23.9 Å². The Hall–Kier alpha value is -3.67. The van der Waals surface area contributed by atoms with Gasteiger partial charge in [0.15, 0.2) is 0 Å². The molecule has 0 radical (unpaired) electrons. The second-order valence-electron chi connectivity index (χ2n) is 6.84. The molecule has 6 nitrogen and oxygen atoms in total. The summed E-state index contributed by atoms with van der Waals surface area (Å²) < 4.78 is 5.11. The van der Waals surface area contributed by atoms with E-state index in [1.807, 2.05) is 32.9 Å². The van der Waals surface area contributed by atoms with Gasteiger partial charge in [-0.05, 0) is 68.3 Å². The van der Waals surface area contributed by atoms with Gasteiger partial charge >= 0.3 is 0 Å². The molecule has 0 bridgehead atoms. The summed E-state index contributed by atoms with van der Waals surface area (Å²) in [5.74, 6) is 0.0148. The van der Waals surface area contributed by atoms with Crippen LogP contribution < -0.4 is 15.4 Å². The maximum absolute atomic E-state index is 12.7. The highest BCUT2D eigenvalue weighted by atomic mass is 16.5. The maximum Gasteiger partial charge on any atom is 0.274 e. The highest BCUT2D eigenvalue weighted by Crippen LogP contribution is 2.22. The number of methoxy groups -OCH3 is 1. The Morgan fingerprint density at radius 2 is 1.52 bits per heavy atom. The third-order valence-corrected chi connectivity index (χ3v) is 4.52. The van der Waals surface area contributed by atoms with Gasteiger partial charge in [0, 0.05) is 23.1 Å². The summed E-state index contributed by atoms with van der Waals surface area (Å²) >= 11 is 0. The van der Waals surface area contributed by atoms with E-state index in [9.17, 15) is 9.59 Å². The van der Waals surface area contributed by atoms with Gasteiger partial charge in [-0.1, -0.05) is 17.7 Å². The lowest BCUT2D eigenvalue weighted by atomic mass is 10.0. The molecule has 3 aromatic rings. The van der Waals surface area contributed by atoms with E-state index in [0.717, 1.165) is 22.4 Å². The van der Waals surface area contributed by atoms with Crippen LogP contribution in [0, 0.1) is 20.8 Å². The number of anilines is 2. The number of hydrogen-bond acceptors (Lipinski definition) is 4. The van der Waals surface area contributed by atoms with Crippen LogP contribution in [0.25, 0.3) is 0 Å². The second-order valence-corrected chi connectivity index (χ2v) is 6.84. The molecule has 3 rings (SSSR count). The van der Waals surface area contributed by atoms with Gasteiger partial charge in [-0.2, -0.15) is 0 Å². The number of rotatable bonds is 5.